The van der Waals surface area contributed by atoms with Crippen LogP contribution in [0.4, 0.5) is 17.6 Å². The van der Waals surface area contributed by atoms with Crippen molar-refractivity contribution in [3.05, 3.63) is 64.5 Å². The molecule has 2 unspecified atom stereocenters. The lowest BCUT2D eigenvalue weighted by Gasteiger charge is -2.29. The molecular weight excluding hydrogens is 498 g/mol. The van der Waals surface area contributed by atoms with Crippen LogP contribution in [0.5, 0.6) is 5.75 Å². The number of carbonyl (C=O) groups excluding carboxylic acids is 4. The lowest BCUT2D eigenvalue weighted by molar-refractivity contribution is -0.155. The van der Waals surface area contributed by atoms with E-state index in [1.807, 2.05) is 5.32 Å². The van der Waals surface area contributed by atoms with Gasteiger partial charge in [-0.1, -0.05) is 12.1 Å². The van der Waals surface area contributed by atoms with Gasteiger partial charge in [-0.15, -0.1) is 0 Å². The van der Waals surface area contributed by atoms with Crippen LogP contribution in [0.1, 0.15) is 63.6 Å². The van der Waals surface area contributed by atoms with Crippen molar-refractivity contribution in [1.29, 1.82) is 0 Å². The normalized spacial score (nSPS) is 20.4. The van der Waals surface area contributed by atoms with Crippen LogP contribution in [0.25, 0.3) is 0 Å². The Kier molecular flexibility index (Phi) is 6.12. The van der Waals surface area contributed by atoms with Gasteiger partial charge >= 0.3 is 6.18 Å². The third-order valence-electron chi connectivity index (χ3n) is 6.54. The van der Waals surface area contributed by atoms with Crippen molar-refractivity contribution in [1.82, 2.24) is 15.5 Å². The third-order valence-corrected chi connectivity index (χ3v) is 6.54. The van der Waals surface area contributed by atoms with Gasteiger partial charge in [0, 0.05) is 17.5 Å². The Morgan fingerprint density at radius 3 is 2.38 bits per heavy atom. The lowest BCUT2D eigenvalue weighted by Crippen LogP contribution is -2.52. The number of hydrogen-bond acceptors (Lipinski definition) is 5. The molecule has 2 atom stereocenters. The molecule has 0 radical (unpaired) electrons. The summed E-state index contributed by atoms with van der Waals surface area (Å²) in [4.78, 5) is 50.2. The molecule has 0 bridgehead atoms. The monoisotopic (exact) mass is 519 g/mol. The topological polar surface area (TPSA) is 105 Å². The molecule has 8 nitrogen and oxygen atoms in total. The zero-order chi connectivity index (χ0) is 26.5. The van der Waals surface area contributed by atoms with Gasteiger partial charge in [-0.05, 0) is 49.1 Å². The summed E-state index contributed by atoms with van der Waals surface area (Å²) in [6.45, 7) is -0.363. The van der Waals surface area contributed by atoms with Gasteiger partial charge in [-0.25, -0.2) is 4.39 Å². The van der Waals surface area contributed by atoms with Crippen LogP contribution in [-0.4, -0.2) is 46.9 Å². The first kappa shape index (κ1) is 24.7. The second kappa shape index (κ2) is 9.16. The minimum Gasteiger partial charge on any atom is -0.490 e. The molecule has 2 aromatic carbocycles. The fourth-order valence-electron chi connectivity index (χ4n) is 4.46. The summed E-state index contributed by atoms with van der Waals surface area (Å²) >= 11 is 0. The number of rotatable bonds is 6. The van der Waals surface area contributed by atoms with E-state index in [4.69, 9.17) is 4.74 Å². The summed E-state index contributed by atoms with van der Waals surface area (Å²) in [5.41, 5.74) is -1.23. The van der Waals surface area contributed by atoms with Crippen molar-refractivity contribution in [3.63, 3.8) is 0 Å². The summed E-state index contributed by atoms with van der Waals surface area (Å²) in [6, 6.07) is 3.80. The van der Waals surface area contributed by atoms with Crippen LogP contribution in [-0.2, 0) is 16.1 Å². The summed E-state index contributed by atoms with van der Waals surface area (Å²) in [7, 11) is 0. The predicted molar refractivity (Wildman–Crippen MR) is 119 cm³/mol. The molecule has 37 heavy (non-hydrogen) atoms. The number of piperidine rings is 1. The van der Waals surface area contributed by atoms with E-state index in [9.17, 15) is 32.3 Å². The molecule has 1 aliphatic carbocycles. The molecule has 0 aromatic heterocycles. The zero-order valence-corrected chi connectivity index (χ0v) is 19.2. The molecule has 5 rings (SSSR count). The first-order chi connectivity index (χ1) is 17.5. The maximum absolute atomic E-state index is 15.3. The molecule has 0 spiro atoms. The first-order valence-corrected chi connectivity index (χ1v) is 11.6. The van der Waals surface area contributed by atoms with Gasteiger partial charge in [0.05, 0.1) is 18.2 Å². The van der Waals surface area contributed by atoms with Gasteiger partial charge in [0.25, 0.3) is 11.8 Å². The van der Waals surface area contributed by atoms with Gasteiger partial charge < -0.3 is 15.0 Å². The maximum Gasteiger partial charge on any atom is 0.412 e. The van der Waals surface area contributed by atoms with E-state index in [1.165, 1.54) is 24.3 Å². The van der Waals surface area contributed by atoms with Crippen LogP contribution in [0.2, 0.25) is 0 Å². The largest absolute Gasteiger partial charge is 0.490 e. The molecule has 12 heteroatoms. The first-order valence-electron chi connectivity index (χ1n) is 11.6. The van der Waals surface area contributed by atoms with E-state index in [0.29, 0.717) is 5.75 Å². The number of carbonyl (C=O) groups is 4. The number of imide groups is 1. The smallest absolute Gasteiger partial charge is 0.412 e. The molecule has 1 saturated heterocycles. The van der Waals surface area contributed by atoms with Gasteiger partial charge in [0.15, 0.2) is 6.04 Å². The molecule has 2 heterocycles. The number of halogens is 4. The number of ether oxygens (including phenoxy) is 1. The molecule has 2 aliphatic heterocycles. The molecule has 2 fully saturated rings. The highest BCUT2D eigenvalue weighted by molar-refractivity contribution is 6.06. The predicted octanol–water partition coefficient (Wildman–Crippen LogP) is 3.16. The van der Waals surface area contributed by atoms with E-state index in [-0.39, 0.29) is 42.2 Å². The van der Waals surface area contributed by atoms with Gasteiger partial charge in [-0.3, -0.25) is 24.5 Å². The van der Waals surface area contributed by atoms with Crippen LogP contribution in [0.15, 0.2) is 36.4 Å². The molecule has 2 N–H and O–H groups in total. The average molecular weight is 519 g/mol. The van der Waals surface area contributed by atoms with Gasteiger partial charge in [0.2, 0.25) is 11.8 Å². The Labute approximate surface area is 207 Å². The second-order valence-electron chi connectivity index (χ2n) is 9.19. The minimum atomic E-state index is -4.87. The van der Waals surface area contributed by atoms with Crippen molar-refractivity contribution >= 4 is 23.6 Å². The van der Waals surface area contributed by atoms with Crippen molar-refractivity contribution in [2.45, 2.75) is 56.6 Å². The Balaban J connectivity index is 1.36. The van der Waals surface area contributed by atoms with Crippen molar-refractivity contribution < 1.29 is 41.5 Å². The van der Waals surface area contributed by atoms with E-state index >= 15 is 4.39 Å². The Morgan fingerprint density at radius 1 is 1.05 bits per heavy atom. The number of nitrogens with zero attached hydrogens (tertiary/aromatic N) is 1. The Bertz CT molecular complexity index is 1290. The summed E-state index contributed by atoms with van der Waals surface area (Å²) in [5, 5.41) is 3.97. The molecule has 194 valence electrons. The van der Waals surface area contributed by atoms with Crippen LogP contribution in [0.3, 0.4) is 0 Å². The highest BCUT2D eigenvalue weighted by Crippen LogP contribution is 2.36. The van der Waals surface area contributed by atoms with Crippen molar-refractivity contribution in [2.24, 2.45) is 0 Å². The number of nitrogens with one attached hydrogen (secondary N) is 2. The van der Waals surface area contributed by atoms with Crippen molar-refractivity contribution in [3.8, 4) is 5.75 Å². The van der Waals surface area contributed by atoms with E-state index in [1.54, 1.807) is 0 Å². The summed E-state index contributed by atoms with van der Waals surface area (Å²) in [6.07, 6.45) is -3.00. The average Bonchev–Trinajstić information content (AvgIpc) is 3.59. The van der Waals surface area contributed by atoms with E-state index in [0.717, 1.165) is 29.9 Å². The fourth-order valence-corrected chi connectivity index (χ4v) is 4.46. The van der Waals surface area contributed by atoms with Gasteiger partial charge in [-0.2, -0.15) is 13.2 Å². The molecule has 2 aromatic rings. The number of amides is 4. The second-order valence-corrected chi connectivity index (χ2v) is 9.19. The lowest BCUT2D eigenvalue weighted by atomic mass is 10.0. The number of fused-ring (bicyclic) bond motifs is 1. The van der Waals surface area contributed by atoms with Crippen LogP contribution >= 0.6 is 0 Å². The SMILES string of the molecule is O=C1CCC(N2Cc3c(ccc(C(=O)NC(c4ccc(OC5CC5)cc4)C(F)(F)F)c3F)C2=O)C(=O)N1. The number of alkyl halides is 3. The zero-order valence-electron chi connectivity index (χ0n) is 19.2. The summed E-state index contributed by atoms with van der Waals surface area (Å²) in [5.74, 6) is -3.90. The van der Waals surface area contributed by atoms with Gasteiger partial charge in [0.1, 0.15) is 17.6 Å². The standard InChI is InChI=1S/C25H21F4N3O5/c26-20-16(8-7-15-17(20)11-32(24(15)36)18-9-10-19(33)30-23(18)35)22(34)31-21(25(27,28)29)12-1-3-13(4-2-12)37-14-5-6-14/h1-4,7-8,14,18,21H,5-6,9-11H2,(H,31,34)(H,30,33,35). The number of hydrogen-bond donors (Lipinski definition) is 2. The third kappa shape index (κ3) is 4.87. The van der Waals surface area contributed by atoms with Crippen molar-refractivity contribution in [2.75, 3.05) is 0 Å². The quantitative estimate of drug-likeness (QED) is 0.451. The fraction of sp³-hybridized carbons (Fsp3) is 0.360. The van der Waals surface area contributed by atoms with E-state index in [2.05, 4.69) is 5.32 Å². The maximum atomic E-state index is 15.3. The summed E-state index contributed by atoms with van der Waals surface area (Å²) < 4.78 is 62.4. The highest BCUT2D eigenvalue weighted by atomic mass is 19.4. The highest BCUT2D eigenvalue weighted by Gasteiger charge is 2.44. The molecule has 1 saturated carbocycles. The molecular formula is C25H21F4N3O5. The van der Waals surface area contributed by atoms with Crippen LogP contribution < -0.4 is 15.4 Å². The van der Waals surface area contributed by atoms with E-state index < -0.39 is 53.3 Å². The molecule has 3 aliphatic rings. The Hall–Kier alpha value is -3.96. The Morgan fingerprint density at radius 2 is 1.76 bits per heavy atom. The minimum absolute atomic E-state index is 0.000807. The van der Waals surface area contributed by atoms with Crippen LogP contribution in [0, 0.1) is 5.82 Å². The number of benzene rings is 2. The molecule has 4 amide bonds.